The lowest BCUT2D eigenvalue weighted by molar-refractivity contribution is -0.145. The highest BCUT2D eigenvalue weighted by Gasteiger charge is 2.27. The van der Waals surface area contributed by atoms with E-state index in [1.54, 1.807) is 48.5 Å². The van der Waals surface area contributed by atoms with Gasteiger partial charge in [-0.2, -0.15) is 5.26 Å². The smallest absolute Gasteiger partial charge is 0.408 e. The predicted octanol–water partition coefficient (Wildman–Crippen LogP) is 1.05. The first-order valence-corrected chi connectivity index (χ1v) is 9.42. The molecule has 0 heterocycles. The molecule has 0 aromatic heterocycles. The summed E-state index contributed by atoms with van der Waals surface area (Å²) >= 11 is 0. The molecule has 9 heteroatoms. The molecule has 3 N–H and O–H groups in total. The number of hydrogen-bond acceptors (Lipinski definition) is 7. The molecule has 2 amide bonds. The van der Waals surface area contributed by atoms with E-state index in [1.165, 1.54) is 7.11 Å². The Kier molecular flexibility index (Phi) is 9.01. The third-order valence-electron chi connectivity index (χ3n) is 4.33. The normalized spacial score (nSPS) is 12.0. The number of nitrogens with zero attached hydrogens (tertiary/aromatic N) is 1. The van der Waals surface area contributed by atoms with Gasteiger partial charge in [-0.05, 0) is 23.3 Å². The lowest BCUT2D eigenvalue weighted by atomic mass is 10.0. The first kappa shape index (κ1) is 23.4. The monoisotopic (exact) mass is 425 g/mol. The SMILES string of the molecule is COC(=O)[C@H](Cc1ccc(C#N)cc1)NC(=O)[C@H](CO)NC(=O)OCc1ccccc1. The number of rotatable bonds is 9. The third-order valence-corrected chi connectivity index (χ3v) is 4.33. The van der Waals surface area contributed by atoms with Crippen LogP contribution >= 0.6 is 0 Å². The van der Waals surface area contributed by atoms with Crippen LogP contribution in [0.25, 0.3) is 0 Å². The highest BCUT2D eigenvalue weighted by Crippen LogP contribution is 2.08. The predicted molar refractivity (Wildman–Crippen MR) is 109 cm³/mol. The highest BCUT2D eigenvalue weighted by atomic mass is 16.5. The van der Waals surface area contributed by atoms with Crippen LogP contribution in [0.1, 0.15) is 16.7 Å². The summed E-state index contributed by atoms with van der Waals surface area (Å²) in [6, 6.07) is 15.1. The average Bonchev–Trinajstić information content (AvgIpc) is 2.81. The number of nitrogens with one attached hydrogen (secondary N) is 2. The summed E-state index contributed by atoms with van der Waals surface area (Å²) in [6.07, 6.45) is -0.791. The number of aliphatic hydroxyl groups is 1. The molecule has 0 aliphatic rings. The minimum absolute atomic E-state index is 0.00405. The number of hydrogen-bond donors (Lipinski definition) is 3. The number of ether oxygens (including phenoxy) is 2. The summed E-state index contributed by atoms with van der Waals surface area (Å²) in [5.41, 5.74) is 1.90. The van der Waals surface area contributed by atoms with Crippen LogP contribution in [-0.2, 0) is 32.1 Å². The number of benzene rings is 2. The van der Waals surface area contributed by atoms with Gasteiger partial charge in [0.05, 0.1) is 25.3 Å². The van der Waals surface area contributed by atoms with Gasteiger partial charge in [0.2, 0.25) is 5.91 Å². The lowest BCUT2D eigenvalue weighted by Gasteiger charge is -2.21. The topological polar surface area (TPSA) is 138 Å². The maximum absolute atomic E-state index is 12.5. The first-order valence-electron chi connectivity index (χ1n) is 9.42. The maximum Gasteiger partial charge on any atom is 0.408 e. The molecule has 0 aliphatic heterocycles. The number of esters is 1. The zero-order valence-electron chi connectivity index (χ0n) is 16.9. The van der Waals surface area contributed by atoms with E-state index in [0.29, 0.717) is 11.1 Å². The Labute approximate surface area is 179 Å². The van der Waals surface area contributed by atoms with Crippen molar-refractivity contribution in [2.45, 2.75) is 25.1 Å². The second-order valence-corrected chi connectivity index (χ2v) is 6.54. The van der Waals surface area contributed by atoms with Crippen LogP contribution in [-0.4, -0.2) is 48.9 Å². The molecule has 0 saturated heterocycles. The Hall–Kier alpha value is -3.90. The third kappa shape index (κ3) is 7.45. The summed E-state index contributed by atoms with van der Waals surface area (Å²) < 4.78 is 9.77. The van der Waals surface area contributed by atoms with Gasteiger partial charge in [-0.3, -0.25) is 4.79 Å². The molecule has 0 radical (unpaired) electrons. The molecule has 0 spiro atoms. The summed E-state index contributed by atoms with van der Waals surface area (Å²) in [6.45, 7) is -0.701. The van der Waals surface area contributed by atoms with Crippen LogP contribution in [0.2, 0.25) is 0 Å². The molecular weight excluding hydrogens is 402 g/mol. The first-order chi connectivity index (χ1) is 15.0. The molecule has 0 unspecified atom stereocenters. The van der Waals surface area contributed by atoms with Gasteiger partial charge in [0.1, 0.15) is 18.7 Å². The maximum atomic E-state index is 12.5. The number of carbonyl (C=O) groups is 3. The van der Waals surface area contributed by atoms with E-state index >= 15 is 0 Å². The molecule has 0 aliphatic carbocycles. The summed E-state index contributed by atoms with van der Waals surface area (Å²) in [5.74, 6) is -1.47. The van der Waals surface area contributed by atoms with Crippen molar-refractivity contribution in [1.29, 1.82) is 5.26 Å². The van der Waals surface area contributed by atoms with Gasteiger partial charge >= 0.3 is 12.1 Å². The minimum atomic E-state index is -1.32. The molecule has 0 fully saturated rings. The molecule has 31 heavy (non-hydrogen) atoms. The fourth-order valence-corrected chi connectivity index (χ4v) is 2.66. The Morgan fingerprint density at radius 2 is 1.68 bits per heavy atom. The van der Waals surface area contributed by atoms with Gasteiger partial charge < -0.3 is 25.2 Å². The summed E-state index contributed by atoms with van der Waals surface area (Å²) in [7, 11) is 1.18. The molecule has 2 aromatic rings. The van der Waals surface area contributed by atoms with Gasteiger partial charge in [-0.15, -0.1) is 0 Å². The van der Waals surface area contributed by atoms with Gasteiger partial charge in [0, 0.05) is 6.42 Å². The van der Waals surface area contributed by atoms with E-state index in [2.05, 4.69) is 10.6 Å². The van der Waals surface area contributed by atoms with Gasteiger partial charge in [0.25, 0.3) is 0 Å². The molecule has 162 valence electrons. The second kappa shape index (κ2) is 11.9. The van der Waals surface area contributed by atoms with E-state index in [1.807, 2.05) is 12.1 Å². The number of amides is 2. The molecule has 2 rings (SSSR count). The molecule has 2 atom stereocenters. The van der Waals surface area contributed by atoms with Crippen molar-refractivity contribution in [3.05, 3.63) is 71.3 Å². The molecule has 0 saturated carbocycles. The van der Waals surface area contributed by atoms with Crippen molar-refractivity contribution >= 4 is 18.0 Å². The van der Waals surface area contributed by atoms with E-state index in [-0.39, 0.29) is 13.0 Å². The van der Waals surface area contributed by atoms with Crippen molar-refractivity contribution in [3.63, 3.8) is 0 Å². The number of alkyl carbamates (subject to hydrolysis) is 1. The standard InChI is InChI=1S/C22H23N3O6/c1-30-21(28)18(11-15-7-9-16(12-23)10-8-15)24-20(27)19(13-26)25-22(29)31-14-17-5-3-2-4-6-17/h2-10,18-19,26H,11,13-14H2,1H3,(H,24,27)(H,25,29)/t18-,19-/m0/s1. The molecule has 2 aromatic carbocycles. The fraction of sp³-hybridized carbons (Fsp3) is 0.273. The van der Waals surface area contributed by atoms with Crippen molar-refractivity contribution < 1.29 is 29.0 Å². The number of aliphatic hydroxyl groups excluding tert-OH is 1. The fourth-order valence-electron chi connectivity index (χ4n) is 2.66. The van der Waals surface area contributed by atoms with Crippen LogP contribution in [0, 0.1) is 11.3 Å². The molecule has 0 bridgehead atoms. The van der Waals surface area contributed by atoms with Crippen molar-refractivity contribution in [2.24, 2.45) is 0 Å². The summed E-state index contributed by atoms with van der Waals surface area (Å²) in [5, 5.41) is 23.1. The van der Waals surface area contributed by atoms with Gasteiger partial charge in [-0.25, -0.2) is 9.59 Å². The minimum Gasteiger partial charge on any atom is -0.467 e. The average molecular weight is 425 g/mol. The van der Waals surface area contributed by atoms with Gasteiger partial charge in [-0.1, -0.05) is 42.5 Å². The molecule has 9 nitrogen and oxygen atoms in total. The van der Waals surface area contributed by atoms with Crippen LogP contribution < -0.4 is 10.6 Å². The van der Waals surface area contributed by atoms with E-state index in [9.17, 15) is 19.5 Å². The van der Waals surface area contributed by atoms with E-state index < -0.39 is 36.7 Å². The Morgan fingerprint density at radius 1 is 1.00 bits per heavy atom. The van der Waals surface area contributed by atoms with Crippen molar-refractivity contribution in [3.8, 4) is 6.07 Å². The molecular formula is C22H23N3O6. The van der Waals surface area contributed by atoms with Crippen molar-refractivity contribution in [1.82, 2.24) is 10.6 Å². The Morgan fingerprint density at radius 3 is 2.26 bits per heavy atom. The summed E-state index contributed by atoms with van der Waals surface area (Å²) in [4.78, 5) is 36.6. The zero-order chi connectivity index (χ0) is 22.6. The van der Waals surface area contributed by atoms with E-state index in [4.69, 9.17) is 14.7 Å². The van der Waals surface area contributed by atoms with Crippen LogP contribution in [0.3, 0.4) is 0 Å². The Bertz CT molecular complexity index is 925. The lowest BCUT2D eigenvalue weighted by Crippen LogP contribution is -2.54. The highest BCUT2D eigenvalue weighted by molar-refractivity contribution is 5.89. The van der Waals surface area contributed by atoms with Crippen LogP contribution in [0.4, 0.5) is 4.79 Å². The number of nitriles is 1. The van der Waals surface area contributed by atoms with Crippen LogP contribution in [0.5, 0.6) is 0 Å². The largest absolute Gasteiger partial charge is 0.467 e. The Balaban J connectivity index is 1.96. The van der Waals surface area contributed by atoms with Crippen molar-refractivity contribution in [2.75, 3.05) is 13.7 Å². The quantitative estimate of drug-likeness (QED) is 0.511. The zero-order valence-corrected chi connectivity index (χ0v) is 16.9. The second-order valence-electron chi connectivity index (χ2n) is 6.54. The van der Waals surface area contributed by atoms with Gasteiger partial charge in [0.15, 0.2) is 0 Å². The van der Waals surface area contributed by atoms with E-state index in [0.717, 1.165) is 5.56 Å². The number of carbonyl (C=O) groups excluding carboxylic acids is 3. The van der Waals surface area contributed by atoms with Crippen LogP contribution in [0.15, 0.2) is 54.6 Å². The number of methoxy groups -OCH3 is 1.